The minimum Gasteiger partial charge on any atom is -0.481 e. The summed E-state index contributed by atoms with van der Waals surface area (Å²) >= 11 is 0. The fourth-order valence-electron chi connectivity index (χ4n) is 4.68. The van der Waals surface area contributed by atoms with Crippen LogP contribution in [0, 0.1) is 5.92 Å². The van der Waals surface area contributed by atoms with Crippen LogP contribution in [0.4, 0.5) is 18.9 Å². The molecule has 2 aromatic carbocycles. The van der Waals surface area contributed by atoms with Crippen LogP contribution < -0.4 is 5.32 Å². The van der Waals surface area contributed by atoms with Crippen LogP contribution in [0.1, 0.15) is 65.1 Å². The van der Waals surface area contributed by atoms with Gasteiger partial charge in [-0.1, -0.05) is 36.4 Å². The summed E-state index contributed by atoms with van der Waals surface area (Å²) in [6, 6.07) is 16.7. The number of aryl methyl sites for hydroxylation is 2. The molecular weight excluding hydrogens is 469 g/mol. The zero-order valence-corrected chi connectivity index (χ0v) is 20.0. The highest BCUT2D eigenvalue weighted by Gasteiger charge is 2.35. The highest BCUT2D eigenvalue weighted by atomic mass is 19.4. The molecule has 1 fully saturated rings. The highest BCUT2D eigenvalue weighted by molar-refractivity contribution is 6.04. The molecule has 0 unspecified atom stereocenters. The predicted octanol–water partition coefficient (Wildman–Crippen LogP) is 6.53. The first-order valence-corrected chi connectivity index (χ1v) is 12.1. The van der Waals surface area contributed by atoms with Crippen LogP contribution in [0.3, 0.4) is 0 Å². The summed E-state index contributed by atoms with van der Waals surface area (Å²) in [7, 11) is 0. The number of benzene rings is 2. The normalized spacial score (nSPS) is 14.4. The molecule has 0 saturated heterocycles. The molecule has 3 aromatic rings. The molecule has 1 atom stereocenters. The summed E-state index contributed by atoms with van der Waals surface area (Å²) < 4.78 is 42.8. The smallest absolute Gasteiger partial charge is 0.418 e. The number of alkyl halides is 3. The van der Waals surface area contributed by atoms with Gasteiger partial charge in [0.1, 0.15) is 5.69 Å². The maximum absolute atomic E-state index is 13.6. The van der Waals surface area contributed by atoms with E-state index in [4.69, 9.17) is 5.11 Å². The van der Waals surface area contributed by atoms with Crippen molar-refractivity contribution < 1.29 is 27.9 Å². The summed E-state index contributed by atoms with van der Waals surface area (Å²) in [5.41, 5.74) is 1.23. The van der Waals surface area contributed by atoms with Crippen molar-refractivity contribution in [3.63, 3.8) is 0 Å². The lowest BCUT2D eigenvalue weighted by molar-refractivity contribution is -0.137. The van der Waals surface area contributed by atoms with Gasteiger partial charge in [0.15, 0.2) is 0 Å². The molecule has 0 radical (unpaired) electrons. The second kappa shape index (κ2) is 10.6. The van der Waals surface area contributed by atoms with Crippen molar-refractivity contribution in [1.82, 2.24) is 4.57 Å². The van der Waals surface area contributed by atoms with Gasteiger partial charge in [-0.2, -0.15) is 13.2 Å². The van der Waals surface area contributed by atoms with Gasteiger partial charge in [-0.25, -0.2) is 0 Å². The number of carboxylic acid groups (broad SMARTS) is 1. The Morgan fingerprint density at radius 3 is 2.39 bits per heavy atom. The van der Waals surface area contributed by atoms with Crippen molar-refractivity contribution in [1.29, 1.82) is 0 Å². The number of aromatic nitrogens is 1. The SMILES string of the molecule is C[C@@H](C1CC1)n1c(CCCc2ccccc2)ccc1C(=O)Nc1cc(CC(=O)O)ccc1C(F)(F)F. The number of hydrogen-bond acceptors (Lipinski definition) is 2. The maximum Gasteiger partial charge on any atom is 0.418 e. The lowest BCUT2D eigenvalue weighted by Gasteiger charge is -2.21. The number of amides is 1. The molecule has 1 aromatic heterocycles. The van der Waals surface area contributed by atoms with Gasteiger partial charge in [-0.3, -0.25) is 9.59 Å². The van der Waals surface area contributed by atoms with Crippen LogP contribution in [0.15, 0.2) is 60.7 Å². The van der Waals surface area contributed by atoms with Crippen LogP contribution in [0.5, 0.6) is 0 Å². The van der Waals surface area contributed by atoms with Crippen LogP contribution in [0.2, 0.25) is 0 Å². The number of nitrogens with zero attached hydrogens (tertiary/aromatic N) is 1. The van der Waals surface area contributed by atoms with Gasteiger partial charge >= 0.3 is 12.1 Å². The quantitative estimate of drug-likeness (QED) is 0.334. The van der Waals surface area contributed by atoms with E-state index in [0.717, 1.165) is 56.0 Å². The number of nitrogens with one attached hydrogen (secondary N) is 1. The third-order valence-corrected chi connectivity index (χ3v) is 6.68. The Balaban J connectivity index is 1.59. The van der Waals surface area contributed by atoms with E-state index in [1.54, 1.807) is 6.07 Å². The van der Waals surface area contributed by atoms with E-state index in [1.165, 1.54) is 5.56 Å². The van der Waals surface area contributed by atoms with E-state index in [2.05, 4.69) is 17.4 Å². The van der Waals surface area contributed by atoms with Crippen molar-refractivity contribution in [2.24, 2.45) is 5.92 Å². The van der Waals surface area contributed by atoms with E-state index in [9.17, 15) is 22.8 Å². The molecule has 8 heteroatoms. The third kappa shape index (κ3) is 6.17. The minimum absolute atomic E-state index is 0.0490. The molecule has 1 aliphatic rings. The van der Waals surface area contributed by atoms with Crippen LogP contribution in [0.25, 0.3) is 0 Å². The number of rotatable bonds is 10. The standard InChI is InChI=1S/C28H29F3N2O3/c1-18(21-11-12-21)33-22(9-5-8-19-6-3-2-4-7-19)13-15-25(33)27(36)32-24-16-20(17-26(34)35)10-14-23(24)28(29,30)31/h2-4,6-7,10,13-16,18,21H,5,8-9,11-12,17H2,1H3,(H,32,36)(H,34,35)/t18-/m0/s1. The van der Waals surface area contributed by atoms with Crippen LogP contribution >= 0.6 is 0 Å². The van der Waals surface area contributed by atoms with Crippen LogP contribution in [-0.4, -0.2) is 21.6 Å². The molecule has 1 amide bonds. The predicted molar refractivity (Wildman–Crippen MR) is 131 cm³/mol. The Labute approximate surface area is 208 Å². The first-order valence-electron chi connectivity index (χ1n) is 12.1. The fraction of sp³-hybridized carbons (Fsp3) is 0.357. The minimum atomic E-state index is -4.70. The van der Waals surface area contributed by atoms with Gasteiger partial charge in [-0.15, -0.1) is 0 Å². The van der Waals surface area contributed by atoms with E-state index in [0.29, 0.717) is 11.6 Å². The molecule has 2 N–H and O–H groups in total. The zero-order valence-electron chi connectivity index (χ0n) is 20.0. The third-order valence-electron chi connectivity index (χ3n) is 6.68. The molecule has 1 heterocycles. The van der Waals surface area contributed by atoms with E-state index < -0.39 is 35.7 Å². The van der Waals surface area contributed by atoms with E-state index >= 15 is 0 Å². The topological polar surface area (TPSA) is 71.3 Å². The molecule has 190 valence electrons. The second-order valence-electron chi connectivity index (χ2n) is 9.40. The second-order valence-corrected chi connectivity index (χ2v) is 9.40. The lowest BCUT2D eigenvalue weighted by Crippen LogP contribution is -2.23. The molecule has 5 nitrogen and oxygen atoms in total. The Kier molecular flexibility index (Phi) is 7.52. The molecule has 0 aliphatic heterocycles. The molecule has 0 bridgehead atoms. The summed E-state index contributed by atoms with van der Waals surface area (Å²) in [5.74, 6) is -1.38. The average molecular weight is 499 g/mol. The Morgan fingerprint density at radius 1 is 1.03 bits per heavy atom. The molecule has 36 heavy (non-hydrogen) atoms. The largest absolute Gasteiger partial charge is 0.481 e. The number of carbonyl (C=O) groups is 2. The van der Waals surface area contributed by atoms with Gasteiger partial charge in [-0.05, 0) is 80.3 Å². The summed E-state index contributed by atoms with van der Waals surface area (Å²) in [6.45, 7) is 2.05. The van der Waals surface area contributed by atoms with Crippen molar-refractivity contribution >= 4 is 17.6 Å². The van der Waals surface area contributed by atoms with Crippen LogP contribution in [-0.2, 0) is 30.2 Å². The molecule has 0 spiro atoms. The number of anilines is 1. The average Bonchev–Trinajstić information content (AvgIpc) is 3.58. The van der Waals surface area contributed by atoms with E-state index in [1.807, 2.05) is 35.8 Å². The lowest BCUT2D eigenvalue weighted by atomic mass is 10.1. The van der Waals surface area contributed by atoms with Crippen molar-refractivity contribution in [2.45, 2.75) is 57.7 Å². The van der Waals surface area contributed by atoms with Gasteiger partial charge in [0, 0.05) is 11.7 Å². The fourth-order valence-corrected chi connectivity index (χ4v) is 4.68. The van der Waals surface area contributed by atoms with E-state index in [-0.39, 0.29) is 11.6 Å². The molecule has 1 aliphatic carbocycles. The number of carbonyl (C=O) groups excluding carboxylic acids is 1. The summed E-state index contributed by atoms with van der Waals surface area (Å²) in [6.07, 6.45) is -0.531. The number of carboxylic acids is 1. The Morgan fingerprint density at radius 2 is 1.75 bits per heavy atom. The first kappa shape index (κ1) is 25.5. The summed E-state index contributed by atoms with van der Waals surface area (Å²) in [4.78, 5) is 24.3. The van der Waals surface area contributed by atoms with Crippen molar-refractivity contribution in [3.8, 4) is 0 Å². The molecule has 1 saturated carbocycles. The molecule has 4 rings (SSSR count). The number of halogens is 3. The van der Waals surface area contributed by atoms with Gasteiger partial charge in [0.25, 0.3) is 5.91 Å². The van der Waals surface area contributed by atoms with Crippen molar-refractivity contribution in [2.75, 3.05) is 5.32 Å². The Bertz CT molecular complexity index is 1230. The first-order chi connectivity index (χ1) is 17.1. The molecular formula is C28H29F3N2O3. The van der Waals surface area contributed by atoms with Gasteiger partial charge in [0.05, 0.1) is 17.7 Å². The number of hydrogen-bond donors (Lipinski definition) is 2. The summed E-state index contributed by atoms with van der Waals surface area (Å²) in [5, 5.41) is 11.5. The Hall–Kier alpha value is -3.55. The maximum atomic E-state index is 13.6. The van der Waals surface area contributed by atoms with Gasteiger partial charge in [0.2, 0.25) is 0 Å². The zero-order chi connectivity index (χ0) is 25.9. The van der Waals surface area contributed by atoms with Crippen molar-refractivity contribution in [3.05, 3.63) is 88.7 Å². The highest BCUT2D eigenvalue weighted by Crippen LogP contribution is 2.41. The number of aliphatic carboxylic acids is 1. The van der Waals surface area contributed by atoms with Gasteiger partial charge < -0.3 is 15.0 Å². The monoisotopic (exact) mass is 498 g/mol.